The summed E-state index contributed by atoms with van der Waals surface area (Å²) in [6, 6.07) is 10.1. The third kappa shape index (κ3) is 4.34. The summed E-state index contributed by atoms with van der Waals surface area (Å²) in [6.07, 6.45) is 8.82. The van der Waals surface area contributed by atoms with Crippen LogP contribution in [-0.2, 0) is 19.9 Å². The molecule has 0 amide bonds. The molecule has 1 fully saturated rings. The Bertz CT molecular complexity index is 1040. The summed E-state index contributed by atoms with van der Waals surface area (Å²) in [4.78, 5) is 11.5. The average molecular weight is 402 g/mol. The van der Waals surface area contributed by atoms with E-state index in [-0.39, 0.29) is 0 Å². The van der Waals surface area contributed by atoms with Crippen LogP contribution in [0.1, 0.15) is 41.6 Å². The highest BCUT2D eigenvalue weighted by Gasteiger charge is 2.17. The Kier molecular flexibility index (Phi) is 6.05. The van der Waals surface area contributed by atoms with E-state index in [1.807, 2.05) is 42.3 Å². The monoisotopic (exact) mass is 401 g/mol. The van der Waals surface area contributed by atoms with E-state index in [1.165, 1.54) is 19.3 Å². The molecular weight excluding hydrogens is 374 g/mol. The zero-order valence-corrected chi connectivity index (χ0v) is 17.4. The Morgan fingerprint density at radius 1 is 1.10 bits per heavy atom. The number of benzene rings is 1. The Balaban J connectivity index is 1.65. The van der Waals surface area contributed by atoms with E-state index in [1.54, 1.807) is 0 Å². The minimum atomic E-state index is 0.574. The van der Waals surface area contributed by atoms with Gasteiger partial charge in [-0.2, -0.15) is 10.4 Å². The molecule has 1 saturated heterocycles. The Hall–Kier alpha value is -3.24. The van der Waals surface area contributed by atoms with Gasteiger partial charge >= 0.3 is 0 Å². The van der Waals surface area contributed by atoms with Gasteiger partial charge < -0.3 is 10.6 Å². The molecule has 7 heteroatoms. The van der Waals surface area contributed by atoms with Gasteiger partial charge in [-0.1, -0.05) is 0 Å². The molecular formula is C23H27N7. The van der Waals surface area contributed by atoms with Crippen molar-refractivity contribution in [2.75, 3.05) is 24.5 Å². The molecule has 0 radical (unpaired) electrons. The lowest BCUT2D eigenvalue weighted by Crippen LogP contribution is -2.29. The van der Waals surface area contributed by atoms with Crippen LogP contribution in [0.15, 0.2) is 36.7 Å². The molecule has 7 nitrogen and oxygen atoms in total. The zero-order chi connectivity index (χ0) is 20.9. The van der Waals surface area contributed by atoms with Crippen molar-refractivity contribution in [1.29, 1.82) is 5.26 Å². The van der Waals surface area contributed by atoms with Gasteiger partial charge in [0.1, 0.15) is 0 Å². The molecule has 0 aliphatic carbocycles. The van der Waals surface area contributed by atoms with Gasteiger partial charge in [0.2, 0.25) is 0 Å². The van der Waals surface area contributed by atoms with Crippen molar-refractivity contribution >= 4 is 5.82 Å². The lowest BCUT2D eigenvalue weighted by molar-refractivity contribution is 0.569. The van der Waals surface area contributed by atoms with Gasteiger partial charge in [-0.15, -0.1) is 0 Å². The number of nitrogens with two attached hydrogens (primary N) is 1. The second-order valence-corrected chi connectivity index (χ2v) is 7.78. The van der Waals surface area contributed by atoms with Gasteiger partial charge in [0.15, 0.2) is 11.6 Å². The summed E-state index contributed by atoms with van der Waals surface area (Å²) in [5.74, 6) is 1.70. The van der Waals surface area contributed by atoms with Crippen molar-refractivity contribution in [1.82, 2.24) is 19.7 Å². The van der Waals surface area contributed by atoms with E-state index < -0.39 is 0 Å². The molecule has 0 saturated carbocycles. The first-order valence-corrected chi connectivity index (χ1v) is 10.5. The Labute approximate surface area is 177 Å². The Morgan fingerprint density at radius 2 is 1.87 bits per heavy atom. The highest BCUT2D eigenvalue weighted by Crippen LogP contribution is 2.26. The van der Waals surface area contributed by atoms with Crippen LogP contribution in [0.3, 0.4) is 0 Å². The van der Waals surface area contributed by atoms with Crippen molar-refractivity contribution in [2.24, 2.45) is 12.8 Å². The fraction of sp³-hybridized carbons (Fsp3) is 0.391. The second-order valence-electron chi connectivity index (χ2n) is 7.78. The molecule has 1 aromatic carbocycles. The first kappa shape index (κ1) is 20.0. The first-order chi connectivity index (χ1) is 14.7. The van der Waals surface area contributed by atoms with Crippen LogP contribution in [-0.4, -0.2) is 39.4 Å². The molecule has 0 atom stereocenters. The van der Waals surface area contributed by atoms with E-state index in [0.717, 1.165) is 47.7 Å². The lowest BCUT2D eigenvalue weighted by Gasteiger charge is -2.26. The third-order valence-electron chi connectivity index (χ3n) is 5.63. The smallest absolute Gasteiger partial charge is 0.159 e. The van der Waals surface area contributed by atoms with E-state index in [0.29, 0.717) is 24.4 Å². The third-order valence-corrected chi connectivity index (χ3v) is 5.63. The predicted molar refractivity (Wildman–Crippen MR) is 117 cm³/mol. The van der Waals surface area contributed by atoms with Crippen molar-refractivity contribution in [3.63, 3.8) is 0 Å². The van der Waals surface area contributed by atoms with Crippen LogP contribution in [0.4, 0.5) is 5.82 Å². The SMILES string of the molecule is Cn1nc(N2CCCCC2)cc1Cc1cc(C#N)ccc1-c1ncc(CCN)cn1. The van der Waals surface area contributed by atoms with Gasteiger partial charge in [0.05, 0.1) is 11.6 Å². The molecule has 1 aliphatic rings. The summed E-state index contributed by atoms with van der Waals surface area (Å²) in [5, 5.41) is 14.1. The number of nitriles is 1. The molecule has 2 aromatic heterocycles. The average Bonchev–Trinajstić information content (AvgIpc) is 3.15. The van der Waals surface area contributed by atoms with Crippen LogP contribution in [0.25, 0.3) is 11.4 Å². The number of hydrogen-bond donors (Lipinski definition) is 1. The number of nitrogens with zero attached hydrogens (tertiary/aromatic N) is 6. The van der Waals surface area contributed by atoms with E-state index in [9.17, 15) is 5.26 Å². The van der Waals surface area contributed by atoms with Crippen LogP contribution >= 0.6 is 0 Å². The molecule has 3 heterocycles. The minimum absolute atomic E-state index is 0.574. The van der Waals surface area contributed by atoms with Crippen LogP contribution < -0.4 is 10.6 Å². The summed E-state index contributed by atoms with van der Waals surface area (Å²) >= 11 is 0. The molecule has 3 aromatic rings. The summed E-state index contributed by atoms with van der Waals surface area (Å²) in [6.45, 7) is 2.70. The minimum Gasteiger partial charge on any atom is -0.355 e. The predicted octanol–water partition coefficient (Wildman–Crippen LogP) is 2.83. The largest absolute Gasteiger partial charge is 0.355 e. The lowest BCUT2D eigenvalue weighted by atomic mass is 9.99. The first-order valence-electron chi connectivity index (χ1n) is 10.5. The molecule has 1 aliphatic heterocycles. The fourth-order valence-corrected chi connectivity index (χ4v) is 3.94. The normalized spacial score (nSPS) is 14.0. The molecule has 0 bridgehead atoms. The van der Waals surface area contributed by atoms with Crippen molar-refractivity contribution in [3.8, 4) is 17.5 Å². The molecule has 2 N–H and O–H groups in total. The molecule has 0 spiro atoms. The van der Waals surface area contributed by atoms with E-state index in [4.69, 9.17) is 10.8 Å². The number of piperidine rings is 1. The second kappa shape index (κ2) is 9.06. The van der Waals surface area contributed by atoms with Gasteiger partial charge in [-0.05, 0) is 61.6 Å². The maximum absolute atomic E-state index is 9.40. The number of hydrogen-bond acceptors (Lipinski definition) is 6. The molecule has 154 valence electrons. The highest BCUT2D eigenvalue weighted by atomic mass is 15.3. The van der Waals surface area contributed by atoms with Gasteiger partial charge in [0, 0.05) is 56.3 Å². The van der Waals surface area contributed by atoms with Crippen molar-refractivity contribution in [3.05, 3.63) is 59.0 Å². The summed E-state index contributed by atoms with van der Waals surface area (Å²) in [5.41, 5.74) is 10.3. The van der Waals surface area contributed by atoms with Crippen LogP contribution in [0.2, 0.25) is 0 Å². The number of rotatable bonds is 6. The topological polar surface area (TPSA) is 96.7 Å². The summed E-state index contributed by atoms with van der Waals surface area (Å²) < 4.78 is 1.94. The number of aryl methyl sites for hydroxylation is 1. The maximum atomic E-state index is 9.40. The highest BCUT2D eigenvalue weighted by molar-refractivity contribution is 5.63. The fourth-order valence-electron chi connectivity index (χ4n) is 3.94. The molecule has 30 heavy (non-hydrogen) atoms. The quantitative estimate of drug-likeness (QED) is 0.682. The zero-order valence-electron chi connectivity index (χ0n) is 17.4. The van der Waals surface area contributed by atoms with E-state index >= 15 is 0 Å². The van der Waals surface area contributed by atoms with Crippen LogP contribution in [0.5, 0.6) is 0 Å². The number of aromatic nitrogens is 4. The van der Waals surface area contributed by atoms with Gasteiger partial charge in [0.25, 0.3) is 0 Å². The van der Waals surface area contributed by atoms with Crippen molar-refractivity contribution in [2.45, 2.75) is 32.1 Å². The maximum Gasteiger partial charge on any atom is 0.159 e. The summed E-state index contributed by atoms with van der Waals surface area (Å²) in [7, 11) is 1.98. The van der Waals surface area contributed by atoms with Gasteiger partial charge in [-0.3, -0.25) is 4.68 Å². The van der Waals surface area contributed by atoms with E-state index in [2.05, 4.69) is 27.0 Å². The van der Waals surface area contributed by atoms with Crippen molar-refractivity contribution < 1.29 is 0 Å². The van der Waals surface area contributed by atoms with Gasteiger partial charge in [-0.25, -0.2) is 9.97 Å². The Morgan fingerprint density at radius 3 is 2.57 bits per heavy atom. The standard InChI is InChI=1S/C23H27N7/c1-29-20(13-22(28-29)30-9-3-2-4-10-30)12-19-11-17(14-25)5-6-21(19)23-26-15-18(7-8-24)16-27-23/h5-6,11,13,15-16H,2-4,7-10,12,24H2,1H3. The molecule has 0 unspecified atom stereocenters. The molecule has 4 rings (SSSR count). The number of anilines is 1. The van der Waals surface area contributed by atoms with Crippen LogP contribution in [0, 0.1) is 11.3 Å².